The second-order valence-corrected chi connectivity index (χ2v) is 9.24. The molecule has 10 heteroatoms. The summed E-state index contributed by atoms with van der Waals surface area (Å²) in [6.45, 7) is 0.176. The van der Waals surface area contributed by atoms with Gasteiger partial charge in [-0.05, 0) is 41.0 Å². The predicted molar refractivity (Wildman–Crippen MR) is 141 cm³/mol. The highest BCUT2D eigenvalue weighted by atomic mass is 32.2. The number of hydrogen-bond donors (Lipinski definition) is 2. The van der Waals surface area contributed by atoms with Crippen molar-refractivity contribution in [2.45, 2.75) is 12.7 Å². The van der Waals surface area contributed by atoms with E-state index in [0.717, 1.165) is 16.7 Å². The fourth-order valence-corrected chi connectivity index (χ4v) is 5.12. The largest absolute Gasteiger partial charge is 0.755 e. The van der Waals surface area contributed by atoms with E-state index in [2.05, 4.69) is 9.97 Å². The molecule has 9 nitrogen and oxygen atoms in total. The Morgan fingerprint density at radius 3 is 2.49 bits per heavy atom. The van der Waals surface area contributed by atoms with Crippen LogP contribution in [0.3, 0.4) is 0 Å². The maximum absolute atomic E-state index is 12.7. The van der Waals surface area contributed by atoms with Crippen LogP contribution in [0, 0.1) is 0 Å². The minimum absolute atomic E-state index is 0.176. The van der Waals surface area contributed by atoms with Gasteiger partial charge in [0, 0.05) is 35.4 Å². The molecule has 3 heterocycles. The van der Waals surface area contributed by atoms with Crippen LogP contribution >= 0.6 is 0 Å². The van der Waals surface area contributed by atoms with Gasteiger partial charge in [-0.15, -0.1) is 0 Å². The number of nitrogens with two attached hydrogens (primary N) is 2. The van der Waals surface area contributed by atoms with Crippen LogP contribution in [-0.2, 0) is 17.8 Å². The standard InChI is InChI=1S/C27H24N6O3S/c28-21-13-20(15-30-16-21)24-14-19-9-6-11-23(18-7-2-1-3-8-18)25(19)26(33(27(29)34)37(35)36)32(24)17-22-10-4-5-12-31-22/h1-16,26H,17,28H2,(H2,29,34)(H,35,36)/p-1. The fourth-order valence-electron chi connectivity index (χ4n) is 4.59. The molecular weight excluding hydrogens is 488 g/mol. The molecular formula is C27H23N6O3S-. The van der Waals surface area contributed by atoms with Crippen molar-refractivity contribution in [3.05, 3.63) is 114 Å². The molecule has 37 heavy (non-hydrogen) atoms. The summed E-state index contributed by atoms with van der Waals surface area (Å²) in [5.41, 5.74) is 17.1. The van der Waals surface area contributed by atoms with E-state index in [1.54, 1.807) is 29.4 Å². The van der Waals surface area contributed by atoms with Crippen molar-refractivity contribution in [3.8, 4) is 11.1 Å². The van der Waals surface area contributed by atoms with Crippen LogP contribution in [0.1, 0.15) is 28.6 Å². The number of urea groups is 1. The van der Waals surface area contributed by atoms with Gasteiger partial charge in [-0.25, -0.2) is 9.10 Å². The lowest BCUT2D eigenvalue weighted by molar-refractivity contribution is 0.156. The lowest BCUT2D eigenvalue weighted by atomic mass is 9.88. The van der Waals surface area contributed by atoms with E-state index in [4.69, 9.17) is 11.5 Å². The molecule has 4 aromatic rings. The minimum atomic E-state index is -2.98. The first kappa shape index (κ1) is 24.2. The van der Waals surface area contributed by atoms with Crippen molar-refractivity contribution in [2.24, 2.45) is 5.73 Å². The van der Waals surface area contributed by atoms with Crippen molar-refractivity contribution < 1.29 is 13.6 Å². The first-order valence-corrected chi connectivity index (χ1v) is 12.4. The summed E-state index contributed by atoms with van der Waals surface area (Å²) in [5, 5.41) is 0. The Bertz CT molecular complexity index is 1480. The molecule has 0 saturated heterocycles. The first-order valence-electron chi connectivity index (χ1n) is 11.4. The summed E-state index contributed by atoms with van der Waals surface area (Å²) < 4.78 is 25.7. The van der Waals surface area contributed by atoms with E-state index < -0.39 is 23.5 Å². The number of nitrogens with zero attached hydrogens (tertiary/aromatic N) is 4. The minimum Gasteiger partial charge on any atom is -0.755 e. The van der Waals surface area contributed by atoms with Crippen LogP contribution in [0.25, 0.3) is 22.9 Å². The summed E-state index contributed by atoms with van der Waals surface area (Å²) in [6.07, 6.45) is 5.65. The van der Waals surface area contributed by atoms with E-state index in [-0.39, 0.29) is 6.54 Å². The van der Waals surface area contributed by atoms with Crippen LogP contribution < -0.4 is 11.5 Å². The summed E-state index contributed by atoms with van der Waals surface area (Å²) >= 11 is -2.98. The second kappa shape index (κ2) is 10.2. The normalized spacial score (nSPS) is 15.4. The quantitative estimate of drug-likeness (QED) is 0.374. The average Bonchev–Trinajstić information content (AvgIpc) is 2.90. The SMILES string of the molecule is NC(=O)N(C1c2c(cccc2-c2ccccc2)C=C(c2cncc(N)c2)N1Cc1ccccn1)S(=O)[O-]. The number of benzene rings is 2. The van der Waals surface area contributed by atoms with Crippen LogP contribution in [0.15, 0.2) is 91.4 Å². The summed E-state index contributed by atoms with van der Waals surface area (Å²) in [4.78, 5) is 23.1. The zero-order valence-corrected chi connectivity index (χ0v) is 20.4. The van der Waals surface area contributed by atoms with Crippen molar-refractivity contribution in [2.75, 3.05) is 5.73 Å². The Hall–Kier alpha value is -4.54. The van der Waals surface area contributed by atoms with E-state index in [1.807, 2.05) is 66.7 Å². The number of hydrogen-bond acceptors (Lipinski definition) is 7. The van der Waals surface area contributed by atoms with E-state index in [1.165, 1.54) is 6.20 Å². The number of pyridine rings is 2. The number of carbonyl (C=O) groups is 1. The van der Waals surface area contributed by atoms with Gasteiger partial charge in [0.05, 0.1) is 29.2 Å². The fraction of sp³-hybridized carbons (Fsp3) is 0.0741. The van der Waals surface area contributed by atoms with E-state index >= 15 is 0 Å². The molecule has 0 saturated carbocycles. The number of rotatable bonds is 6. The zero-order valence-electron chi connectivity index (χ0n) is 19.6. The highest BCUT2D eigenvalue weighted by molar-refractivity contribution is 7.77. The van der Waals surface area contributed by atoms with Gasteiger partial charge in [-0.1, -0.05) is 54.6 Å². The Labute approximate surface area is 216 Å². The van der Waals surface area contributed by atoms with Gasteiger partial charge in [0.25, 0.3) is 0 Å². The maximum Gasteiger partial charge on any atom is 0.327 e. The second-order valence-electron chi connectivity index (χ2n) is 8.41. The molecule has 0 aliphatic carbocycles. The molecule has 0 fully saturated rings. The third-order valence-electron chi connectivity index (χ3n) is 6.09. The summed E-state index contributed by atoms with van der Waals surface area (Å²) in [5.74, 6) is 0. The molecule has 2 aromatic heterocycles. The van der Waals surface area contributed by atoms with Crippen molar-refractivity contribution in [1.29, 1.82) is 0 Å². The predicted octanol–water partition coefficient (Wildman–Crippen LogP) is 3.91. The lowest BCUT2D eigenvalue weighted by Crippen LogP contribution is -2.48. The van der Waals surface area contributed by atoms with Gasteiger partial charge in [0.2, 0.25) is 0 Å². The van der Waals surface area contributed by atoms with Crippen LogP contribution in [-0.4, -0.2) is 34.0 Å². The molecule has 2 unspecified atom stereocenters. The topological polar surface area (TPSA) is 142 Å². The molecule has 0 radical (unpaired) electrons. The van der Waals surface area contributed by atoms with Crippen LogP contribution in [0.5, 0.6) is 0 Å². The van der Waals surface area contributed by atoms with Gasteiger partial charge in [0.1, 0.15) is 6.17 Å². The highest BCUT2D eigenvalue weighted by Crippen LogP contribution is 2.45. The van der Waals surface area contributed by atoms with Crippen molar-refractivity contribution in [1.82, 2.24) is 19.2 Å². The number of aromatic nitrogens is 2. The van der Waals surface area contributed by atoms with Crippen molar-refractivity contribution >= 4 is 34.8 Å². The Morgan fingerprint density at radius 1 is 1.03 bits per heavy atom. The number of primary amides is 1. The number of anilines is 1. The van der Waals surface area contributed by atoms with Crippen molar-refractivity contribution in [3.63, 3.8) is 0 Å². The Balaban J connectivity index is 1.82. The zero-order chi connectivity index (χ0) is 25.9. The molecule has 0 spiro atoms. The molecule has 1 aliphatic rings. The third kappa shape index (κ3) is 4.80. The molecule has 2 aromatic carbocycles. The molecule has 5 rings (SSSR count). The summed E-state index contributed by atoms with van der Waals surface area (Å²) in [7, 11) is 0. The number of amides is 2. The molecule has 1 aliphatic heterocycles. The van der Waals surface area contributed by atoms with Gasteiger partial charge >= 0.3 is 6.03 Å². The number of fused-ring (bicyclic) bond motifs is 1. The Kier molecular flexibility index (Phi) is 6.67. The molecule has 0 bridgehead atoms. The average molecular weight is 512 g/mol. The third-order valence-corrected chi connectivity index (χ3v) is 6.79. The van der Waals surface area contributed by atoms with Crippen LogP contribution in [0.2, 0.25) is 0 Å². The van der Waals surface area contributed by atoms with Gasteiger partial charge in [-0.3, -0.25) is 14.2 Å². The highest BCUT2D eigenvalue weighted by Gasteiger charge is 2.38. The summed E-state index contributed by atoms with van der Waals surface area (Å²) in [6, 6.07) is 21.3. The molecule has 186 valence electrons. The van der Waals surface area contributed by atoms with Gasteiger partial charge in [-0.2, -0.15) is 0 Å². The maximum atomic E-state index is 12.7. The number of carbonyl (C=O) groups excluding carboxylic acids is 1. The van der Waals surface area contributed by atoms with Gasteiger partial charge < -0.3 is 20.9 Å². The number of nitrogen functional groups attached to an aromatic ring is 1. The lowest BCUT2D eigenvalue weighted by Gasteiger charge is -2.45. The molecule has 2 amide bonds. The molecule has 2 atom stereocenters. The van der Waals surface area contributed by atoms with Gasteiger partial charge in [0.15, 0.2) is 0 Å². The van der Waals surface area contributed by atoms with Crippen LogP contribution in [0.4, 0.5) is 10.5 Å². The first-order chi connectivity index (χ1) is 17.9. The molecule has 4 N–H and O–H groups in total. The Morgan fingerprint density at radius 2 is 1.81 bits per heavy atom. The monoisotopic (exact) mass is 511 g/mol. The van der Waals surface area contributed by atoms with E-state index in [9.17, 15) is 13.6 Å². The smallest absolute Gasteiger partial charge is 0.327 e. The van der Waals surface area contributed by atoms with E-state index in [0.29, 0.717) is 32.5 Å².